The molecule has 2 N–H and O–H groups in total. The van der Waals surface area contributed by atoms with Crippen molar-refractivity contribution < 1.29 is 10.2 Å². The molecule has 2 nitrogen and oxygen atoms in total. The molecule has 17 heavy (non-hydrogen) atoms. The Morgan fingerprint density at radius 1 is 1.18 bits per heavy atom. The third kappa shape index (κ3) is 1.46. The van der Waals surface area contributed by atoms with Crippen LogP contribution in [0.2, 0.25) is 0 Å². The highest BCUT2D eigenvalue weighted by Crippen LogP contribution is 2.65. The van der Waals surface area contributed by atoms with Crippen LogP contribution in [0.5, 0.6) is 0 Å². The van der Waals surface area contributed by atoms with Crippen molar-refractivity contribution in [2.75, 3.05) is 0 Å². The molecule has 0 radical (unpaired) electrons. The van der Waals surface area contributed by atoms with E-state index in [1.165, 1.54) is 12.8 Å². The molecule has 2 heteroatoms. The van der Waals surface area contributed by atoms with Crippen molar-refractivity contribution in [1.29, 1.82) is 0 Å². The van der Waals surface area contributed by atoms with E-state index in [0.717, 1.165) is 12.8 Å². The molecule has 0 heterocycles. The number of fused-ring (bicyclic) bond motifs is 1. The smallest absolute Gasteiger partial charge is 0.0931 e. The Bertz CT molecular complexity index is 308. The summed E-state index contributed by atoms with van der Waals surface area (Å²) in [4.78, 5) is 0. The summed E-state index contributed by atoms with van der Waals surface area (Å²) in [5.41, 5.74) is -0.920. The van der Waals surface area contributed by atoms with Crippen LogP contribution in [0.25, 0.3) is 0 Å². The highest BCUT2D eigenvalue weighted by atomic mass is 16.3. The molecule has 0 spiro atoms. The predicted octanol–water partition coefficient (Wildman–Crippen LogP) is 2.97. The maximum atomic E-state index is 10.7. The van der Waals surface area contributed by atoms with E-state index in [1.54, 1.807) is 0 Å². The van der Waals surface area contributed by atoms with Gasteiger partial charge in [0.1, 0.15) is 0 Å². The van der Waals surface area contributed by atoms with Gasteiger partial charge in [0, 0.05) is 0 Å². The zero-order valence-electron chi connectivity index (χ0n) is 12.0. The lowest BCUT2D eigenvalue weighted by atomic mass is 9.48. The number of hydrogen-bond donors (Lipinski definition) is 2. The Morgan fingerprint density at radius 3 is 2.29 bits per heavy atom. The first-order valence-electron chi connectivity index (χ1n) is 7.10. The molecular formula is C15H28O2. The van der Waals surface area contributed by atoms with Crippen LogP contribution < -0.4 is 0 Å². The van der Waals surface area contributed by atoms with Crippen molar-refractivity contribution in [3.63, 3.8) is 0 Å². The van der Waals surface area contributed by atoms with Gasteiger partial charge in [-0.1, -0.05) is 27.7 Å². The quantitative estimate of drug-likeness (QED) is 0.740. The van der Waals surface area contributed by atoms with E-state index >= 15 is 0 Å². The van der Waals surface area contributed by atoms with Gasteiger partial charge < -0.3 is 10.2 Å². The molecule has 0 aliphatic heterocycles. The summed E-state index contributed by atoms with van der Waals surface area (Å²) in [6.45, 7) is 10.7. The highest BCUT2D eigenvalue weighted by Gasteiger charge is 2.64. The molecule has 0 saturated heterocycles. The lowest BCUT2D eigenvalue weighted by Gasteiger charge is -2.59. The maximum absolute atomic E-state index is 10.7. The van der Waals surface area contributed by atoms with Crippen LogP contribution in [0.15, 0.2) is 0 Å². The second kappa shape index (κ2) is 3.71. The zero-order chi connectivity index (χ0) is 13.1. The Hall–Kier alpha value is -0.0800. The van der Waals surface area contributed by atoms with Crippen LogP contribution in [-0.4, -0.2) is 21.9 Å². The fourth-order valence-corrected chi connectivity index (χ4v) is 4.84. The van der Waals surface area contributed by atoms with Crippen molar-refractivity contribution in [2.45, 2.75) is 72.0 Å². The fraction of sp³-hybridized carbons (Fsp3) is 1.00. The van der Waals surface area contributed by atoms with Gasteiger partial charge in [-0.2, -0.15) is 0 Å². The van der Waals surface area contributed by atoms with Crippen molar-refractivity contribution >= 4 is 0 Å². The van der Waals surface area contributed by atoms with Crippen LogP contribution in [-0.2, 0) is 0 Å². The highest BCUT2D eigenvalue weighted by molar-refractivity contribution is 5.13. The first-order chi connectivity index (χ1) is 7.70. The van der Waals surface area contributed by atoms with E-state index in [0.29, 0.717) is 11.8 Å². The third-order valence-electron chi connectivity index (χ3n) is 6.62. The Balaban J connectivity index is 2.47. The lowest BCUT2D eigenvalue weighted by Crippen LogP contribution is -2.63. The van der Waals surface area contributed by atoms with Crippen LogP contribution >= 0.6 is 0 Å². The van der Waals surface area contributed by atoms with Gasteiger partial charge in [-0.25, -0.2) is 0 Å². The summed E-state index contributed by atoms with van der Waals surface area (Å²) in [5, 5.41) is 21.0. The van der Waals surface area contributed by atoms with E-state index in [1.807, 2.05) is 6.92 Å². The molecule has 0 aromatic heterocycles. The fourth-order valence-electron chi connectivity index (χ4n) is 4.84. The van der Waals surface area contributed by atoms with Crippen LogP contribution in [0.3, 0.4) is 0 Å². The van der Waals surface area contributed by atoms with E-state index < -0.39 is 11.7 Å². The van der Waals surface area contributed by atoms with Crippen molar-refractivity contribution in [3.05, 3.63) is 0 Å². The minimum Gasteiger partial charge on any atom is -0.390 e. The molecule has 0 aromatic carbocycles. The lowest BCUT2D eigenvalue weighted by molar-refractivity contribution is -0.222. The average molecular weight is 240 g/mol. The number of aliphatic hydroxyl groups excluding tert-OH is 1. The van der Waals surface area contributed by atoms with Gasteiger partial charge in [0.15, 0.2) is 0 Å². The maximum Gasteiger partial charge on any atom is 0.0931 e. The molecule has 100 valence electrons. The Kier molecular flexibility index (Phi) is 2.91. The summed E-state index contributed by atoms with van der Waals surface area (Å²) in [5.74, 6) is 1.20. The zero-order valence-corrected chi connectivity index (χ0v) is 12.0. The van der Waals surface area contributed by atoms with Crippen molar-refractivity contribution in [1.82, 2.24) is 0 Å². The topological polar surface area (TPSA) is 40.5 Å². The molecule has 5 atom stereocenters. The van der Waals surface area contributed by atoms with Gasteiger partial charge in [-0.3, -0.25) is 0 Å². The first-order valence-corrected chi connectivity index (χ1v) is 7.10. The summed E-state index contributed by atoms with van der Waals surface area (Å²) in [6, 6.07) is 0. The standard InChI is InChI=1S/C15H28O2/c1-6-15-9-12(16)14(5,17)13(3,4)11(15)8-7-10(15)2/h10-12,16-17H,6-9H2,1-5H3/t10-,11+,12+,14+,15-/m1/s1. The Labute approximate surface area is 105 Å². The largest absolute Gasteiger partial charge is 0.390 e. The van der Waals surface area contributed by atoms with E-state index in [2.05, 4.69) is 27.7 Å². The summed E-state index contributed by atoms with van der Waals surface area (Å²) in [7, 11) is 0. The summed E-state index contributed by atoms with van der Waals surface area (Å²) < 4.78 is 0. The molecule has 2 fully saturated rings. The molecule has 2 saturated carbocycles. The van der Waals surface area contributed by atoms with Gasteiger partial charge >= 0.3 is 0 Å². The number of aliphatic hydroxyl groups is 2. The third-order valence-corrected chi connectivity index (χ3v) is 6.62. The minimum atomic E-state index is -0.958. The first kappa shape index (κ1) is 13.4. The van der Waals surface area contributed by atoms with Gasteiger partial charge in [0.2, 0.25) is 0 Å². The van der Waals surface area contributed by atoms with Gasteiger partial charge in [0.25, 0.3) is 0 Å². The van der Waals surface area contributed by atoms with E-state index in [9.17, 15) is 10.2 Å². The molecule has 0 aromatic rings. The molecule has 0 unspecified atom stereocenters. The van der Waals surface area contributed by atoms with Crippen molar-refractivity contribution in [3.8, 4) is 0 Å². The van der Waals surface area contributed by atoms with Crippen LogP contribution in [0.1, 0.15) is 60.3 Å². The second-order valence-electron chi connectivity index (χ2n) is 7.21. The second-order valence-corrected chi connectivity index (χ2v) is 7.21. The number of rotatable bonds is 1. The number of hydrogen-bond acceptors (Lipinski definition) is 2. The SMILES string of the molecule is CC[C@]12C[C@H](O)[C@](C)(O)C(C)(C)[C@@H]1CC[C@H]2C. The normalized spacial score (nSPS) is 53.5. The van der Waals surface area contributed by atoms with Crippen LogP contribution in [0.4, 0.5) is 0 Å². The molecular weight excluding hydrogens is 212 g/mol. The van der Waals surface area contributed by atoms with Crippen LogP contribution in [0, 0.1) is 22.7 Å². The molecule has 2 aliphatic carbocycles. The molecule has 2 aliphatic rings. The van der Waals surface area contributed by atoms with Gasteiger partial charge in [0.05, 0.1) is 11.7 Å². The van der Waals surface area contributed by atoms with Gasteiger partial charge in [-0.15, -0.1) is 0 Å². The van der Waals surface area contributed by atoms with Gasteiger partial charge in [-0.05, 0) is 55.3 Å². The molecule has 2 rings (SSSR count). The average Bonchev–Trinajstić information content (AvgIpc) is 2.56. The summed E-state index contributed by atoms with van der Waals surface area (Å²) >= 11 is 0. The van der Waals surface area contributed by atoms with E-state index in [4.69, 9.17) is 0 Å². The van der Waals surface area contributed by atoms with E-state index in [-0.39, 0.29) is 10.8 Å². The Morgan fingerprint density at radius 2 is 1.76 bits per heavy atom. The van der Waals surface area contributed by atoms with Crippen molar-refractivity contribution in [2.24, 2.45) is 22.7 Å². The molecule has 0 bridgehead atoms. The monoisotopic (exact) mass is 240 g/mol. The summed E-state index contributed by atoms with van der Waals surface area (Å²) in [6.07, 6.45) is 3.74. The molecule has 0 amide bonds. The minimum absolute atomic E-state index is 0.203. The predicted molar refractivity (Wildman–Crippen MR) is 69.6 cm³/mol.